The lowest BCUT2D eigenvalue weighted by Gasteiger charge is -2.15. The first-order valence-electron chi connectivity index (χ1n) is 5.14. The Labute approximate surface area is 90.5 Å². The highest BCUT2D eigenvalue weighted by molar-refractivity contribution is 5.74. The predicted molar refractivity (Wildman–Crippen MR) is 64.0 cm³/mol. The maximum Gasteiger partial charge on any atom is 0.155 e. The number of nitrogens with one attached hydrogen (secondary N) is 2. The van der Waals surface area contributed by atoms with Crippen LogP contribution in [-0.2, 0) is 0 Å². The first-order chi connectivity index (χ1) is 7.00. The van der Waals surface area contributed by atoms with Crippen molar-refractivity contribution < 1.29 is 0 Å². The Hall–Kier alpha value is -1.52. The number of hydrogen-bond donors (Lipinski definition) is 3. The summed E-state index contributed by atoms with van der Waals surface area (Å²) >= 11 is 0. The van der Waals surface area contributed by atoms with Crippen LogP contribution in [0.1, 0.15) is 27.7 Å². The average molecular weight is 209 g/mol. The summed E-state index contributed by atoms with van der Waals surface area (Å²) in [6.45, 7) is 8.16. The van der Waals surface area contributed by atoms with Gasteiger partial charge in [-0.2, -0.15) is 0 Å². The SMILES string of the molecule is CC(C)Nc1ncnc(NC(C)C)c1N. The average Bonchev–Trinajstić information content (AvgIpc) is 2.10. The second kappa shape index (κ2) is 4.82. The number of hydrogen-bond acceptors (Lipinski definition) is 5. The maximum absolute atomic E-state index is 5.93. The fraction of sp³-hybridized carbons (Fsp3) is 0.600. The standard InChI is InChI=1S/C10H19N5/c1-6(2)14-9-8(11)10(13-5-12-9)15-7(3)4/h5-7H,11H2,1-4H3,(H2,12,13,14,15). The Morgan fingerprint density at radius 1 is 1.00 bits per heavy atom. The van der Waals surface area contributed by atoms with Gasteiger partial charge in [-0.15, -0.1) is 0 Å². The fourth-order valence-corrected chi connectivity index (χ4v) is 1.17. The quantitative estimate of drug-likeness (QED) is 0.703. The molecule has 5 heteroatoms. The van der Waals surface area contributed by atoms with E-state index in [1.54, 1.807) is 0 Å². The molecule has 1 heterocycles. The number of nitrogen functional groups attached to an aromatic ring is 1. The van der Waals surface area contributed by atoms with Crippen LogP contribution in [0.4, 0.5) is 17.3 Å². The molecule has 84 valence electrons. The summed E-state index contributed by atoms with van der Waals surface area (Å²) in [5.74, 6) is 1.37. The van der Waals surface area contributed by atoms with Gasteiger partial charge in [0.05, 0.1) is 0 Å². The normalized spacial score (nSPS) is 10.8. The van der Waals surface area contributed by atoms with E-state index in [1.807, 2.05) is 27.7 Å². The summed E-state index contributed by atoms with van der Waals surface area (Å²) in [4.78, 5) is 8.20. The van der Waals surface area contributed by atoms with Gasteiger partial charge in [-0.1, -0.05) is 0 Å². The van der Waals surface area contributed by atoms with Crippen molar-refractivity contribution in [3.05, 3.63) is 6.33 Å². The number of nitrogens with zero attached hydrogens (tertiary/aromatic N) is 2. The lowest BCUT2D eigenvalue weighted by molar-refractivity contribution is 0.875. The van der Waals surface area contributed by atoms with Gasteiger partial charge in [0.15, 0.2) is 11.6 Å². The zero-order valence-corrected chi connectivity index (χ0v) is 9.70. The van der Waals surface area contributed by atoms with Crippen molar-refractivity contribution in [2.75, 3.05) is 16.4 Å². The molecule has 0 aliphatic heterocycles. The second-order valence-corrected chi connectivity index (χ2v) is 4.08. The van der Waals surface area contributed by atoms with Crippen LogP contribution in [-0.4, -0.2) is 22.1 Å². The van der Waals surface area contributed by atoms with Gasteiger partial charge in [0.25, 0.3) is 0 Å². The molecule has 4 N–H and O–H groups in total. The topological polar surface area (TPSA) is 75.9 Å². The van der Waals surface area contributed by atoms with Crippen LogP contribution in [0.25, 0.3) is 0 Å². The van der Waals surface area contributed by atoms with Crippen LogP contribution >= 0.6 is 0 Å². The first-order valence-corrected chi connectivity index (χ1v) is 5.14. The molecule has 1 rings (SSSR count). The molecule has 0 aliphatic carbocycles. The molecule has 0 spiro atoms. The van der Waals surface area contributed by atoms with Crippen LogP contribution in [0.15, 0.2) is 6.33 Å². The molecular weight excluding hydrogens is 190 g/mol. The molecule has 0 bridgehead atoms. The van der Waals surface area contributed by atoms with E-state index < -0.39 is 0 Å². The van der Waals surface area contributed by atoms with Crippen molar-refractivity contribution in [2.45, 2.75) is 39.8 Å². The van der Waals surface area contributed by atoms with Crippen molar-refractivity contribution in [1.82, 2.24) is 9.97 Å². The zero-order chi connectivity index (χ0) is 11.4. The van der Waals surface area contributed by atoms with Gasteiger partial charge in [0.2, 0.25) is 0 Å². The lowest BCUT2D eigenvalue weighted by Crippen LogP contribution is -2.17. The predicted octanol–water partition coefficient (Wildman–Crippen LogP) is 1.70. The van der Waals surface area contributed by atoms with Crippen LogP contribution in [0.5, 0.6) is 0 Å². The minimum Gasteiger partial charge on any atom is -0.393 e. The van der Waals surface area contributed by atoms with Gasteiger partial charge in [0, 0.05) is 12.1 Å². The summed E-state index contributed by atoms with van der Waals surface area (Å²) in [5, 5.41) is 6.34. The molecule has 5 nitrogen and oxygen atoms in total. The summed E-state index contributed by atoms with van der Waals surface area (Å²) in [6, 6.07) is 0.600. The van der Waals surface area contributed by atoms with E-state index in [-0.39, 0.29) is 0 Å². The van der Waals surface area contributed by atoms with Gasteiger partial charge >= 0.3 is 0 Å². The monoisotopic (exact) mass is 209 g/mol. The zero-order valence-electron chi connectivity index (χ0n) is 9.70. The summed E-state index contributed by atoms with van der Waals surface area (Å²) in [6.07, 6.45) is 1.51. The molecule has 0 saturated carbocycles. The molecule has 1 aromatic heterocycles. The molecule has 0 aromatic carbocycles. The third-order valence-electron chi connectivity index (χ3n) is 1.73. The molecule has 0 amide bonds. The molecule has 15 heavy (non-hydrogen) atoms. The summed E-state index contributed by atoms with van der Waals surface area (Å²) in [7, 11) is 0. The van der Waals surface area contributed by atoms with E-state index in [0.29, 0.717) is 29.4 Å². The number of rotatable bonds is 4. The van der Waals surface area contributed by atoms with E-state index in [1.165, 1.54) is 6.33 Å². The van der Waals surface area contributed by atoms with Gasteiger partial charge in [-0.25, -0.2) is 9.97 Å². The van der Waals surface area contributed by atoms with Gasteiger partial charge in [0.1, 0.15) is 12.0 Å². The Morgan fingerprint density at radius 2 is 1.40 bits per heavy atom. The van der Waals surface area contributed by atoms with Crippen LogP contribution in [0, 0.1) is 0 Å². The molecule has 0 unspecified atom stereocenters. The van der Waals surface area contributed by atoms with E-state index in [0.717, 1.165) is 0 Å². The van der Waals surface area contributed by atoms with Crippen molar-refractivity contribution in [3.8, 4) is 0 Å². The number of nitrogens with two attached hydrogens (primary N) is 1. The van der Waals surface area contributed by atoms with Gasteiger partial charge in [-0.3, -0.25) is 0 Å². The number of anilines is 3. The smallest absolute Gasteiger partial charge is 0.155 e. The van der Waals surface area contributed by atoms with E-state index >= 15 is 0 Å². The summed E-state index contributed by atoms with van der Waals surface area (Å²) < 4.78 is 0. The minimum absolute atomic E-state index is 0.300. The van der Waals surface area contributed by atoms with Crippen molar-refractivity contribution in [2.24, 2.45) is 0 Å². The van der Waals surface area contributed by atoms with E-state index in [4.69, 9.17) is 5.73 Å². The van der Waals surface area contributed by atoms with Crippen LogP contribution < -0.4 is 16.4 Å². The van der Waals surface area contributed by atoms with E-state index in [2.05, 4.69) is 20.6 Å². The Kier molecular flexibility index (Phi) is 3.71. The van der Waals surface area contributed by atoms with Gasteiger partial charge < -0.3 is 16.4 Å². The third-order valence-corrected chi connectivity index (χ3v) is 1.73. The highest BCUT2D eigenvalue weighted by Gasteiger charge is 2.08. The molecule has 0 radical (unpaired) electrons. The number of aromatic nitrogens is 2. The molecule has 1 aromatic rings. The fourth-order valence-electron chi connectivity index (χ4n) is 1.17. The maximum atomic E-state index is 5.93. The highest BCUT2D eigenvalue weighted by atomic mass is 15.1. The minimum atomic E-state index is 0.300. The van der Waals surface area contributed by atoms with Crippen molar-refractivity contribution in [1.29, 1.82) is 0 Å². The third kappa shape index (κ3) is 3.27. The lowest BCUT2D eigenvalue weighted by atomic mass is 10.3. The molecular formula is C10H19N5. The molecule has 0 aliphatic rings. The first kappa shape index (κ1) is 11.6. The van der Waals surface area contributed by atoms with Gasteiger partial charge in [-0.05, 0) is 27.7 Å². The Morgan fingerprint density at radius 3 is 1.73 bits per heavy atom. The molecule has 0 fully saturated rings. The molecule has 0 saturated heterocycles. The summed E-state index contributed by atoms with van der Waals surface area (Å²) in [5.41, 5.74) is 6.50. The van der Waals surface area contributed by atoms with E-state index in [9.17, 15) is 0 Å². The van der Waals surface area contributed by atoms with Crippen LogP contribution in [0.3, 0.4) is 0 Å². The van der Waals surface area contributed by atoms with Crippen molar-refractivity contribution in [3.63, 3.8) is 0 Å². The Balaban J connectivity index is 2.90. The largest absolute Gasteiger partial charge is 0.393 e. The second-order valence-electron chi connectivity index (χ2n) is 4.08. The Bertz CT molecular complexity index is 293. The molecule has 0 atom stereocenters. The highest BCUT2D eigenvalue weighted by Crippen LogP contribution is 2.23. The van der Waals surface area contributed by atoms with Crippen molar-refractivity contribution >= 4 is 17.3 Å². The van der Waals surface area contributed by atoms with Crippen LogP contribution in [0.2, 0.25) is 0 Å².